The summed E-state index contributed by atoms with van der Waals surface area (Å²) in [6.45, 7) is 9.86. The number of hydrogen-bond donors (Lipinski definition) is 1. The van der Waals surface area contributed by atoms with E-state index in [4.69, 9.17) is 34.2 Å². The molecular weight excluding hydrogens is 769 g/mol. The number of alkyl halides is 1. The lowest BCUT2D eigenvalue weighted by molar-refractivity contribution is -0.126. The maximum absolute atomic E-state index is 17.2. The van der Waals surface area contributed by atoms with Crippen LogP contribution in [-0.2, 0) is 37.8 Å². The Hall–Kier alpha value is -3.47. The molecule has 10 nitrogen and oxygen atoms in total. The zero-order valence-corrected chi connectivity index (χ0v) is 35.8. The van der Waals surface area contributed by atoms with Crippen LogP contribution in [0.4, 0.5) is 4.39 Å². The molecule has 0 amide bonds. The van der Waals surface area contributed by atoms with Gasteiger partial charge in [0.05, 0.1) is 40.0 Å². The monoisotopic (exact) mass is 824 g/mol. The molecular formula is C43H55BFO10PS. The summed E-state index contributed by atoms with van der Waals surface area (Å²) < 4.78 is 65.4. The lowest BCUT2D eigenvalue weighted by Crippen LogP contribution is -2.52. The number of carbonyl (C=O) groups is 2. The van der Waals surface area contributed by atoms with Gasteiger partial charge in [0, 0.05) is 28.3 Å². The molecule has 1 aliphatic heterocycles. The van der Waals surface area contributed by atoms with Crippen molar-refractivity contribution >= 4 is 37.8 Å². The predicted molar refractivity (Wildman–Crippen MR) is 223 cm³/mol. The summed E-state index contributed by atoms with van der Waals surface area (Å²) in [5.74, 6) is 3.57. The first-order valence-corrected chi connectivity index (χ1v) is 21.4. The Labute approximate surface area is 341 Å². The Bertz CT molecular complexity index is 1790. The highest BCUT2D eigenvalue weighted by molar-refractivity contribution is 8.13. The molecule has 1 saturated heterocycles. The molecule has 1 fully saturated rings. The van der Waals surface area contributed by atoms with E-state index in [1.807, 2.05) is 99.6 Å². The molecule has 1 aliphatic rings. The molecule has 1 unspecified atom stereocenters. The van der Waals surface area contributed by atoms with Crippen molar-refractivity contribution in [2.75, 3.05) is 39.8 Å². The minimum atomic E-state index is -4.39. The first kappa shape index (κ1) is 46.2. The van der Waals surface area contributed by atoms with E-state index in [-0.39, 0.29) is 50.0 Å². The number of ketones is 1. The summed E-state index contributed by atoms with van der Waals surface area (Å²) in [7, 11) is -1.33. The molecule has 0 aliphatic carbocycles. The second kappa shape index (κ2) is 19.5. The molecule has 3 aromatic carbocycles. The molecule has 0 spiro atoms. The first-order valence-electron chi connectivity index (χ1n) is 18.9. The summed E-state index contributed by atoms with van der Waals surface area (Å²) in [6.07, 6.45) is 2.99. The van der Waals surface area contributed by atoms with Crippen LogP contribution in [0, 0.1) is 23.2 Å². The molecule has 0 bridgehead atoms. The van der Waals surface area contributed by atoms with E-state index in [1.165, 1.54) is 0 Å². The van der Waals surface area contributed by atoms with Crippen molar-refractivity contribution in [3.05, 3.63) is 95.6 Å². The lowest BCUT2D eigenvalue weighted by Gasteiger charge is -2.39. The predicted octanol–water partition coefficient (Wildman–Crippen LogP) is 7.72. The van der Waals surface area contributed by atoms with Crippen LogP contribution >= 0.6 is 19.6 Å². The Balaban J connectivity index is 1.65. The van der Waals surface area contributed by atoms with Gasteiger partial charge in [0.15, 0.2) is 12.4 Å². The number of hydrogen-bond acceptors (Lipinski definition) is 11. The number of halogens is 1. The second-order valence-electron chi connectivity index (χ2n) is 16.0. The van der Waals surface area contributed by atoms with E-state index in [9.17, 15) is 19.3 Å². The average molecular weight is 825 g/mol. The highest BCUT2D eigenvalue weighted by Crippen LogP contribution is 2.51. The van der Waals surface area contributed by atoms with Gasteiger partial charge < -0.3 is 19.3 Å². The largest absolute Gasteiger partial charge is 0.497 e. The Morgan fingerprint density at radius 2 is 1.39 bits per heavy atom. The number of rotatable bonds is 19. The Morgan fingerprint density at radius 3 is 1.88 bits per heavy atom. The molecule has 3 aromatic rings. The number of aliphatic hydroxyl groups is 1. The molecule has 0 radical (unpaired) electrons. The molecule has 1 heterocycles. The van der Waals surface area contributed by atoms with Gasteiger partial charge in [-0.25, -0.2) is 8.96 Å². The number of carbonyl (C=O) groups excluding carboxylic acids is 2. The number of ether oxygens (including phenoxy) is 3. The number of terminal acetylenes is 1. The van der Waals surface area contributed by atoms with Gasteiger partial charge in [0.1, 0.15) is 29.5 Å². The minimum Gasteiger partial charge on any atom is -0.497 e. The van der Waals surface area contributed by atoms with Crippen LogP contribution < -0.4 is 9.47 Å². The summed E-state index contributed by atoms with van der Waals surface area (Å²) in [4.78, 5) is 25.0. The molecule has 308 valence electrons. The van der Waals surface area contributed by atoms with Crippen molar-refractivity contribution in [3.8, 4) is 23.8 Å². The van der Waals surface area contributed by atoms with E-state index in [1.54, 1.807) is 35.0 Å². The summed E-state index contributed by atoms with van der Waals surface area (Å²) in [6, 6.07) is 23.0. The number of thioether (sulfide) groups is 1. The molecule has 1 N–H and O–H groups in total. The van der Waals surface area contributed by atoms with Crippen molar-refractivity contribution < 1.29 is 51.4 Å². The number of phosphoric acid groups is 1. The van der Waals surface area contributed by atoms with Gasteiger partial charge in [0.25, 0.3) is 0 Å². The van der Waals surface area contributed by atoms with Crippen LogP contribution in [0.3, 0.4) is 0 Å². The fourth-order valence-corrected chi connectivity index (χ4v) is 8.65. The van der Waals surface area contributed by atoms with Gasteiger partial charge in [-0.1, -0.05) is 114 Å². The Kier molecular flexibility index (Phi) is 15.8. The van der Waals surface area contributed by atoms with Crippen molar-refractivity contribution in [1.82, 2.24) is 0 Å². The van der Waals surface area contributed by atoms with Crippen molar-refractivity contribution in [3.63, 3.8) is 0 Å². The molecule has 14 heteroatoms. The van der Waals surface area contributed by atoms with E-state index in [2.05, 4.69) is 5.92 Å². The summed E-state index contributed by atoms with van der Waals surface area (Å²) in [5.41, 5.74) is -1.52. The van der Waals surface area contributed by atoms with E-state index < -0.39 is 54.5 Å². The van der Waals surface area contributed by atoms with Crippen LogP contribution in [-0.4, -0.2) is 87.0 Å². The van der Waals surface area contributed by atoms with Crippen LogP contribution in [0.5, 0.6) is 11.5 Å². The third-order valence-electron chi connectivity index (χ3n) is 9.94. The normalized spacial score (nSPS) is 21.0. The minimum absolute atomic E-state index is 0.00203. The number of benzene rings is 3. The zero-order valence-electron chi connectivity index (χ0n) is 34.1. The molecule has 0 aromatic heterocycles. The fourth-order valence-electron chi connectivity index (χ4n) is 6.52. The third-order valence-corrected chi connectivity index (χ3v) is 12.7. The van der Waals surface area contributed by atoms with Gasteiger partial charge in [-0.05, 0) is 47.4 Å². The van der Waals surface area contributed by atoms with Gasteiger partial charge in [-0.2, -0.15) is 0 Å². The van der Waals surface area contributed by atoms with Gasteiger partial charge in [-0.3, -0.25) is 23.2 Å². The highest BCUT2D eigenvalue weighted by atomic mass is 32.2. The number of Topliss-reactive ketones (excluding diaryl/α,β-unsaturated/α-hetero) is 1. The lowest BCUT2D eigenvalue weighted by atomic mass is 9.40. The van der Waals surface area contributed by atoms with Crippen molar-refractivity contribution in [2.24, 2.45) is 10.8 Å². The fraction of sp³-hybridized carbons (Fsp3) is 0.488. The van der Waals surface area contributed by atoms with Gasteiger partial charge in [0.2, 0.25) is 5.67 Å². The number of methoxy groups -OCH3 is 2. The molecule has 4 rings (SSSR count). The Morgan fingerprint density at radius 1 is 0.860 bits per heavy atom. The highest BCUT2D eigenvalue weighted by Gasteiger charge is 2.59. The second-order valence-corrected chi connectivity index (χ2v) is 18.8. The zero-order chi connectivity index (χ0) is 42.1. The van der Waals surface area contributed by atoms with E-state index >= 15 is 4.39 Å². The van der Waals surface area contributed by atoms with Crippen molar-refractivity contribution in [2.45, 2.75) is 83.6 Å². The van der Waals surface area contributed by atoms with Crippen LogP contribution in [0.15, 0.2) is 78.9 Å². The maximum Gasteiger partial charge on any atom is 0.474 e. The molecule has 0 saturated carbocycles. The number of aliphatic hydroxyl groups excluding tert-OH is 1. The first-order chi connectivity index (χ1) is 26.8. The van der Waals surface area contributed by atoms with Gasteiger partial charge in [-0.15, -0.1) is 6.42 Å². The van der Waals surface area contributed by atoms with E-state index in [0.717, 1.165) is 28.5 Å². The maximum atomic E-state index is 17.2. The van der Waals surface area contributed by atoms with Crippen LogP contribution in [0.25, 0.3) is 0 Å². The summed E-state index contributed by atoms with van der Waals surface area (Å²) >= 11 is 1.02. The van der Waals surface area contributed by atoms with Crippen LogP contribution in [0.1, 0.15) is 71.1 Å². The summed E-state index contributed by atoms with van der Waals surface area (Å²) in [5, 5.41) is 10.4. The van der Waals surface area contributed by atoms with Gasteiger partial charge >= 0.3 is 7.82 Å². The smallest absolute Gasteiger partial charge is 0.474 e. The van der Waals surface area contributed by atoms with Crippen LogP contribution in [0.2, 0.25) is 0 Å². The quantitative estimate of drug-likeness (QED) is 0.0420. The average Bonchev–Trinajstić information content (AvgIpc) is 3.43. The molecule has 5 atom stereocenters. The van der Waals surface area contributed by atoms with E-state index in [0.29, 0.717) is 11.5 Å². The molecule has 57 heavy (non-hydrogen) atoms. The third kappa shape index (κ3) is 11.4. The SMILES string of the molecule is C#C[C@]1(F)[C@H](BC(c2ccccc2)(c2ccc(OC)cc2)c2ccc(OC)cc2)O[C@H](COP(=O)(OCCCC(=O)C(C)(C)C)OCCSC(=O)C(C)(C)C)[C@H]1O. The topological polar surface area (TPSA) is 127 Å². The van der Waals surface area contributed by atoms with Crippen molar-refractivity contribution in [1.29, 1.82) is 0 Å². The number of phosphoric ester groups is 1. The standard InChI is InChI=1S/C43H55BFO10PS/c1-10-42(45)37(47)35(29-54-56(49,52-26-14-17-36(46)40(2,3)4)53-27-28-57-39(48)41(5,6)7)55-38(42)44-43(30-15-12-11-13-16-30,31-18-22-33(50-8)23-19-31)32-20-24-34(51-9)25-21-32/h1,11-13,15-16,18-25,35,37-38,44,47H,14,17,26-29H2,2-9H3/t35-,37-,38-,42-,56?/m1/s1.